The van der Waals surface area contributed by atoms with Crippen molar-refractivity contribution in [2.75, 3.05) is 5.32 Å². The Bertz CT molecular complexity index is 296. The Morgan fingerprint density at radius 1 is 1.38 bits per heavy atom. The lowest BCUT2D eigenvalue weighted by Crippen LogP contribution is -1.94. The van der Waals surface area contributed by atoms with Crippen LogP contribution < -0.4 is 5.32 Å². The van der Waals surface area contributed by atoms with E-state index < -0.39 is 0 Å². The summed E-state index contributed by atoms with van der Waals surface area (Å²) < 4.78 is 0. The van der Waals surface area contributed by atoms with Crippen molar-refractivity contribution in [1.29, 1.82) is 0 Å². The summed E-state index contributed by atoms with van der Waals surface area (Å²) in [5, 5.41) is 2.91. The van der Waals surface area contributed by atoms with Gasteiger partial charge in [-0.15, -0.1) is 0 Å². The Labute approximate surface area is 80.2 Å². The molecule has 0 aromatic heterocycles. The van der Waals surface area contributed by atoms with Crippen LogP contribution in [0.4, 0.5) is 5.69 Å². The van der Waals surface area contributed by atoms with E-state index in [1.54, 1.807) is 0 Å². The van der Waals surface area contributed by atoms with Crippen LogP contribution in [0.3, 0.4) is 0 Å². The minimum atomic E-state index is 1.07. The number of para-hydroxylation sites is 1. The Hall–Kier alpha value is -1.42. The predicted molar refractivity (Wildman–Crippen MR) is 57.5 cm³/mol. The number of unbranched alkanes of at least 4 members (excludes halogenated alkanes) is 1. The van der Waals surface area contributed by atoms with Crippen LogP contribution in [0.25, 0.3) is 0 Å². The van der Waals surface area contributed by atoms with Crippen molar-refractivity contribution in [2.45, 2.75) is 26.2 Å². The topological polar surface area (TPSA) is 12.0 Å². The number of hydrogen-bond donors (Lipinski definition) is 1. The maximum atomic E-state index is 5.20. The summed E-state index contributed by atoms with van der Waals surface area (Å²) in [5.41, 5.74) is 2.38. The molecule has 1 aromatic carbocycles. The Balaban J connectivity index is 2.73. The summed E-state index contributed by atoms with van der Waals surface area (Å²) in [4.78, 5) is 0. The molecule has 0 aliphatic carbocycles. The van der Waals surface area contributed by atoms with E-state index in [0.717, 1.165) is 12.1 Å². The lowest BCUT2D eigenvalue weighted by Gasteiger charge is -2.06. The van der Waals surface area contributed by atoms with Gasteiger partial charge in [0.2, 0.25) is 0 Å². The van der Waals surface area contributed by atoms with Crippen LogP contribution in [0.15, 0.2) is 24.3 Å². The fourth-order valence-corrected chi connectivity index (χ4v) is 1.31. The maximum absolute atomic E-state index is 5.20. The highest BCUT2D eigenvalue weighted by Crippen LogP contribution is 2.16. The van der Waals surface area contributed by atoms with Gasteiger partial charge in [-0.1, -0.05) is 38.0 Å². The van der Waals surface area contributed by atoms with E-state index in [2.05, 4.69) is 24.4 Å². The summed E-state index contributed by atoms with van der Waals surface area (Å²) in [5.74, 6) is 0. The van der Waals surface area contributed by atoms with Crippen LogP contribution in [0.5, 0.6) is 0 Å². The van der Waals surface area contributed by atoms with E-state index in [9.17, 15) is 0 Å². The van der Waals surface area contributed by atoms with Crippen LogP contribution >= 0.6 is 0 Å². The molecule has 0 unspecified atom stereocenters. The zero-order valence-electron chi connectivity index (χ0n) is 8.01. The van der Waals surface area contributed by atoms with Crippen LogP contribution in [0.2, 0.25) is 0 Å². The maximum Gasteiger partial charge on any atom is 0.0491 e. The molecule has 0 saturated carbocycles. The molecular formula is C12H15N. The summed E-state index contributed by atoms with van der Waals surface area (Å²) in [7, 11) is 0. The average Bonchev–Trinajstić information content (AvgIpc) is 2.17. The Morgan fingerprint density at radius 3 is 2.85 bits per heavy atom. The zero-order chi connectivity index (χ0) is 9.52. The van der Waals surface area contributed by atoms with Crippen molar-refractivity contribution in [3.05, 3.63) is 29.8 Å². The summed E-state index contributed by atoms with van der Waals surface area (Å²) in [6.45, 7) is 2.19. The average molecular weight is 173 g/mol. The molecule has 0 heterocycles. The third kappa shape index (κ3) is 2.83. The number of benzene rings is 1. The molecule has 13 heavy (non-hydrogen) atoms. The predicted octanol–water partition coefficient (Wildman–Crippen LogP) is 3.03. The quantitative estimate of drug-likeness (QED) is 0.545. The first-order valence-corrected chi connectivity index (χ1v) is 4.68. The van der Waals surface area contributed by atoms with Crippen molar-refractivity contribution in [2.24, 2.45) is 0 Å². The van der Waals surface area contributed by atoms with Gasteiger partial charge in [0, 0.05) is 11.7 Å². The Kier molecular flexibility index (Phi) is 3.92. The molecule has 1 nitrogen and oxygen atoms in total. The standard InChI is InChI=1S/C12H15N/c1-3-5-8-11-9-6-7-10-12(11)13-4-2/h2,6-7,9-10,13H,3,5,8H2,1H3. The van der Waals surface area contributed by atoms with Gasteiger partial charge in [-0.25, -0.2) is 0 Å². The first-order valence-electron chi connectivity index (χ1n) is 4.68. The van der Waals surface area contributed by atoms with Gasteiger partial charge in [0.1, 0.15) is 0 Å². The molecule has 1 heteroatoms. The third-order valence-electron chi connectivity index (χ3n) is 2.02. The SMILES string of the molecule is C#CNc1ccccc1CCCC. The van der Waals surface area contributed by atoms with Crippen LogP contribution in [-0.4, -0.2) is 0 Å². The minimum absolute atomic E-state index is 1.07. The van der Waals surface area contributed by atoms with Crippen molar-refractivity contribution >= 4 is 5.69 Å². The molecule has 1 N–H and O–H groups in total. The van der Waals surface area contributed by atoms with Gasteiger partial charge in [0.25, 0.3) is 0 Å². The van der Waals surface area contributed by atoms with Gasteiger partial charge in [-0.3, -0.25) is 0 Å². The highest BCUT2D eigenvalue weighted by Gasteiger charge is 1.98. The molecule has 0 fully saturated rings. The van der Waals surface area contributed by atoms with Crippen molar-refractivity contribution in [1.82, 2.24) is 0 Å². The van der Waals surface area contributed by atoms with Gasteiger partial charge in [-0.05, 0) is 24.5 Å². The van der Waals surface area contributed by atoms with Gasteiger partial charge in [0.15, 0.2) is 0 Å². The molecule has 0 aliphatic heterocycles. The number of hydrogen-bond acceptors (Lipinski definition) is 1. The van der Waals surface area contributed by atoms with E-state index in [1.165, 1.54) is 18.4 Å². The molecule has 0 saturated heterocycles. The van der Waals surface area contributed by atoms with Crippen LogP contribution in [-0.2, 0) is 6.42 Å². The molecule has 0 atom stereocenters. The molecule has 0 bridgehead atoms. The minimum Gasteiger partial charge on any atom is -0.315 e. The fraction of sp³-hybridized carbons (Fsp3) is 0.333. The summed E-state index contributed by atoms with van der Waals surface area (Å²) in [6, 6.07) is 10.6. The van der Waals surface area contributed by atoms with Gasteiger partial charge >= 0.3 is 0 Å². The fourth-order valence-electron chi connectivity index (χ4n) is 1.31. The van der Waals surface area contributed by atoms with Gasteiger partial charge in [-0.2, -0.15) is 0 Å². The molecular weight excluding hydrogens is 158 g/mol. The second kappa shape index (κ2) is 5.27. The number of anilines is 1. The third-order valence-corrected chi connectivity index (χ3v) is 2.02. The van der Waals surface area contributed by atoms with Crippen molar-refractivity contribution < 1.29 is 0 Å². The van der Waals surface area contributed by atoms with Crippen LogP contribution in [0, 0.1) is 12.5 Å². The van der Waals surface area contributed by atoms with E-state index in [-0.39, 0.29) is 0 Å². The lowest BCUT2D eigenvalue weighted by atomic mass is 10.1. The lowest BCUT2D eigenvalue weighted by molar-refractivity contribution is 0.796. The number of nitrogens with one attached hydrogen (secondary N) is 1. The summed E-state index contributed by atoms with van der Waals surface area (Å²) in [6.07, 6.45) is 8.72. The molecule has 1 aromatic rings. The van der Waals surface area contributed by atoms with E-state index in [1.807, 2.05) is 18.2 Å². The zero-order valence-corrected chi connectivity index (χ0v) is 8.01. The molecule has 68 valence electrons. The van der Waals surface area contributed by atoms with E-state index >= 15 is 0 Å². The van der Waals surface area contributed by atoms with E-state index in [0.29, 0.717) is 0 Å². The second-order valence-electron chi connectivity index (χ2n) is 3.03. The Morgan fingerprint density at radius 2 is 2.15 bits per heavy atom. The van der Waals surface area contributed by atoms with E-state index in [4.69, 9.17) is 6.42 Å². The number of rotatable bonds is 4. The van der Waals surface area contributed by atoms with Gasteiger partial charge < -0.3 is 5.32 Å². The summed E-state index contributed by atoms with van der Waals surface area (Å²) >= 11 is 0. The molecule has 0 radical (unpaired) electrons. The monoisotopic (exact) mass is 173 g/mol. The first kappa shape index (κ1) is 9.67. The normalized spacial score (nSPS) is 9.23. The first-order chi connectivity index (χ1) is 6.38. The van der Waals surface area contributed by atoms with Crippen LogP contribution in [0.1, 0.15) is 25.3 Å². The molecule has 1 rings (SSSR count). The van der Waals surface area contributed by atoms with Crippen molar-refractivity contribution in [3.63, 3.8) is 0 Å². The molecule has 0 aliphatic rings. The smallest absolute Gasteiger partial charge is 0.0491 e. The highest BCUT2D eigenvalue weighted by molar-refractivity contribution is 5.54. The number of aryl methyl sites for hydroxylation is 1. The molecule has 0 amide bonds. The highest BCUT2D eigenvalue weighted by atomic mass is 14.8. The van der Waals surface area contributed by atoms with Gasteiger partial charge in [0.05, 0.1) is 0 Å². The molecule has 0 spiro atoms. The van der Waals surface area contributed by atoms with Crippen molar-refractivity contribution in [3.8, 4) is 12.5 Å². The number of terminal acetylenes is 1. The largest absolute Gasteiger partial charge is 0.315 e. The second-order valence-corrected chi connectivity index (χ2v) is 3.03.